The van der Waals surface area contributed by atoms with Crippen LogP contribution in [0.3, 0.4) is 0 Å². The van der Waals surface area contributed by atoms with Gasteiger partial charge in [-0.15, -0.1) is 0 Å². The molecule has 1 heterocycles. The third-order valence-electron chi connectivity index (χ3n) is 5.95. The summed E-state index contributed by atoms with van der Waals surface area (Å²) in [6, 6.07) is 17.6. The van der Waals surface area contributed by atoms with E-state index >= 15 is 0 Å². The van der Waals surface area contributed by atoms with Crippen LogP contribution in [-0.2, 0) is 0 Å². The van der Waals surface area contributed by atoms with Gasteiger partial charge < -0.3 is 14.8 Å². The number of hydrogen-bond acceptors (Lipinski definition) is 3. The van der Waals surface area contributed by atoms with Gasteiger partial charge in [0.1, 0.15) is 0 Å². The van der Waals surface area contributed by atoms with Gasteiger partial charge in [-0.25, -0.2) is 0 Å². The zero-order valence-corrected chi connectivity index (χ0v) is 17.4. The lowest BCUT2D eigenvalue weighted by Crippen LogP contribution is -2.21. The highest BCUT2D eigenvalue weighted by Crippen LogP contribution is 2.38. The Morgan fingerprint density at radius 3 is 2.52 bits per heavy atom. The molecule has 0 saturated heterocycles. The normalized spacial score (nSPS) is 20.1. The molecule has 1 N–H and O–H groups in total. The minimum Gasteiger partial charge on any atom is -0.493 e. The van der Waals surface area contributed by atoms with Crippen LogP contribution >= 0.6 is 0 Å². The van der Waals surface area contributed by atoms with E-state index in [1.807, 2.05) is 0 Å². The first kappa shape index (κ1) is 19.6. The van der Waals surface area contributed by atoms with Crippen molar-refractivity contribution < 1.29 is 9.47 Å². The van der Waals surface area contributed by atoms with E-state index in [2.05, 4.69) is 79.1 Å². The second-order valence-corrected chi connectivity index (χ2v) is 8.13. The number of ether oxygens (including phenoxy) is 2. The molecule has 2 aromatic carbocycles. The Labute approximate surface area is 174 Å². The lowest BCUT2D eigenvalue weighted by atomic mass is 9.85. The van der Waals surface area contributed by atoms with Gasteiger partial charge in [0.25, 0.3) is 0 Å². The molecule has 1 aliphatic carbocycles. The van der Waals surface area contributed by atoms with Gasteiger partial charge in [0.05, 0.1) is 13.2 Å². The predicted molar refractivity (Wildman–Crippen MR) is 119 cm³/mol. The Hall–Kier alpha value is -2.68. The Morgan fingerprint density at radius 2 is 1.79 bits per heavy atom. The number of dihydropyridines is 1. The number of methoxy groups -OCH3 is 1. The van der Waals surface area contributed by atoms with E-state index in [-0.39, 0.29) is 5.92 Å². The molecule has 0 bridgehead atoms. The smallest absolute Gasteiger partial charge is 0.161 e. The summed E-state index contributed by atoms with van der Waals surface area (Å²) in [5.74, 6) is 1.97. The monoisotopic (exact) mass is 389 g/mol. The number of hydrogen-bond donors (Lipinski definition) is 1. The van der Waals surface area contributed by atoms with Crippen molar-refractivity contribution in [2.75, 3.05) is 7.11 Å². The summed E-state index contributed by atoms with van der Waals surface area (Å²) in [5, 5.41) is 3.34. The zero-order chi connectivity index (χ0) is 20.1. The van der Waals surface area contributed by atoms with Crippen molar-refractivity contribution in [3.8, 4) is 11.5 Å². The van der Waals surface area contributed by atoms with Gasteiger partial charge >= 0.3 is 0 Å². The zero-order valence-electron chi connectivity index (χ0n) is 17.4. The molecule has 29 heavy (non-hydrogen) atoms. The fraction of sp³-hybridized carbons (Fsp3) is 0.385. The van der Waals surface area contributed by atoms with Crippen LogP contribution in [0.25, 0.3) is 0 Å². The predicted octanol–water partition coefficient (Wildman–Crippen LogP) is 5.97. The quantitative estimate of drug-likeness (QED) is 0.633. The minimum atomic E-state index is 0.272. The molecule has 1 fully saturated rings. The first-order chi connectivity index (χ1) is 14.2. The highest BCUT2D eigenvalue weighted by Gasteiger charge is 2.22. The van der Waals surface area contributed by atoms with E-state index in [0.29, 0.717) is 12.1 Å². The van der Waals surface area contributed by atoms with Crippen molar-refractivity contribution >= 4 is 0 Å². The van der Waals surface area contributed by atoms with Crippen LogP contribution < -0.4 is 14.8 Å². The summed E-state index contributed by atoms with van der Waals surface area (Å²) in [6.45, 7) is 2.18. The molecule has 2 aliphatic rings. The average Bonchev–Trinajstić information content (AvgIpc) is 3.26. The van der Waals surface area contributed by atoms with Crippen molar-refractivity contribution in [1.29, 1.82) is 0 Å². The Bertz CT molecular complexity index is 866. The van der Waals surface area contributed by atoms with Crippen LogP contribution in [0.1, 0.15) is 56.1 Å². The third kappa shape index (κ3) is 4.84. The topological polar surface area (TPSA) is 30.5 Å². The molecular formula is C26H31NO2. The maximum Gasteiger partial charge on any atom is 0.161 e. The number of allylic oxidation sites excluding steroid dienone is 2. The molecule has 1 aliphatic heterocycles. The van der Waals surface area contributed by atoms with Crippen molar-refractivity contribution in [1.82, 2.24) is 5.32 Å². The van der Waals surface area contributed by atoms with Crippen LogP contribution in [0.4, 0.5) is 0 Å². The van der Waals surface area contributed by atoms with Crippen LogP contribution in [0.5, 0.6) is 11.5 Å². The molecule has 0 spiro atoms. The summed E-state index contributed by atoms with van der Waals surface area (Å²) in [5.41, 5.74) is 3.95. The molecule has 0 amide bonds. The molecule has 2 aromatic rings. The summed E-state index contributed by atoms with van der Waals surface area (Å²) >= 11 is 0. The molecule has 1 saturated carbocycles. The van der Waals surface area contributed by atoms with Crippen LogP contribution in [0.15, 0.2) is 72.5 Å². The van der Waals surface area contributed by atoms with Crippen molar-refractivity contribution in [3.63, 3.8) is 0 Å². The second-order valence-electron chi connectivity index (χ2n) is 8.13. The summed E-state index contributed by atoms with van der Waals surface area (Å²) < 4.78 is 12.0. The van der Waals surface area contributed by atoms with Gasteiger partial charge in [0, 0.05) is 12.0 Å². The van der Waals surface area contributed by atoms with E-state index in [1.54, 1.807) is 7.11 Å². The maximum atomic E-state index is 6.37. The minimum absolute atomic E-state index is 0.272. The second kappa shape index (κ2) is 9.21. The van der Waals surface area contributed by atoms with Crippen molar-refractivity contribution in [3.05, 3.63) is 83.6 Å². The van der Waals surface area contributed by atoms with Gasteiger partial charge in [0.15, 0.2) is 11.5 Å². The molecule has 0 radical (unpaired) electrons. The van der Waals surface area contributed by atoms with Crippen LogP contribution in [0.2, 0.25) is 0 Å². The fourth-order valence-electron chi connectivity index (χ4n) is 4.40. The largest absolute Gasteiger partial charge is 0.493 e. The molecule has 3 nitrogen and oxygen atoms in total. The Balaban J connectivity index is 1.67. The Kier molecular flexibility index (Phi) is 6.24. The highest BCUT2D eigenvalue weighted by atomic mass is 16.5. The van der Waals surface area contributed by atoms with Gasteiger partial charge in [-0.2, -0.15) is 0 Å². The molecular weight excluding hydrogens is 358 g/mol. The highest BCUT2D eigenvalue weighted by molar-refractivity contribution is 5.47. The van der Waals surface area contributed by atoms with E-state index in [1.165, 1.54) is 29.5 Å². The van der Waals surface area contributed by atoms with Gasteiger partial charge in [0.2, 0.25) is 0 Å². The number of benzene rings is 2. The van der Waals surface area contributed by atoms with Crippen LogP contribution in [-0.4, -0.2) is 19.3 Å². The Morgan fingerprint density at radius 1 is 1.00 bits per heavy atom. The average molecular weight is 390 g/mol. The number of nitrogens with one attached hydrogen (secondary N) is 1. The molecule has 1 unspecified atom stereocenters. The van der Waals surface area contributed by atoms with Gasteiger partial charge in [-0.05, 0) is 80.1 Å². The molecule has 4 rings (SSSR count). The SMILES string of the molecule is COc1ccc([C@@H](CC2=CC(C)NC=C2)c2ccccc2)cc1OC1CCCC1. The molecule has 0 aromatic heterocycles. The lowest BCUT2D eigenvalue weighted by molar-refractivity contribution is 0.200. The summed E-state index contributed by atoms with van der Waals surface area (Å²) in [7, 11) is 1.72. The standard InChI is InChI=1S/C26H31NO2/c1-19-16-20(14-15-27-19)17-24(21-8-4-3-5-9-21)22-12-13-25(28-2)26(18-22)29-23-10-6-7-11-23/h3-5,8-9,12-16,18-19,23-24,27H,6-7,10-11,17H2,1-2H3/t19?,24-/m0/s1. The lowest BCUT2D eigenvalue weighted by Gasteiger charge is -2.23. The molecule has 3 heteroatoms. The van der Waals surface area contributed by atoms with E-state index in [9.17, 15) is 0 Å². The fourth-order valence-corrected chi connectivity index (χ4v) is 4.40. The van der Waals surface area contributed by atoms with E-state index in [4.69, 9.17) is 9.47 Å². The maximum absolute atomic E-state index is 6.37. The van der Waals surface area contributed by atoms with Gasteiger partial charge in [-0.3, -0.25) is 0 Å². The first-order valence-corrected chi connectivity index (χ1v) is 10.8. The first-order valence-electron chi connectivity index (χ1n) is 10.8. The molecule has 152 valence electrons. The van der Waals surface area contributed by atoms with E-state index < -0.39 is 0 Å². The summed E-state index contributed by atoms with van der Waals surface area (Å²) in [4.78, 5) is 0. The third-order valence-corrected chi connectivity index (χ3v) is 5.95. The summed E-state index contributed by atoms with van der Waals surface area (Å²) in [6.07, 6.45) is 12.6. The van der Waals surface area contributed by atoms with Crippen molar-refractivity contribution in [2.45, 2.75) is 57.1 Å². The van der Waals surface area contributed by atoms with Crippen molar-refractivity contribution in [2.24, 2.45) is 0 Å². The van der Waals surface area contributed by atoms with Crippen LogP contribution in [0, 0.1) is 0 Å². The number of rotatable bonds is 7. The van der Waals surface area contributed by atoms with Gasteiger partial charge in [-0.1, -0.05) is 42.5 Å². The van der Waals surface area contributed by atoms with E-state index in [0.717, 1.165) is 30.8 Å². The molecule has 2 atom stereocenters.